The lowest BCUT2D eigenvalue weighted by molar-refractivity contribution is -0.142. The SMILES string of the molecule is O=C(Nc1cc(-c2cccc3c2OCCO3)no1)N1CCN(C(=O)C2CCCO2)CC1. The Morgan fingerprint density at radius 1 is 1.03 bits per heavy atom. The molecule has 2 saturated heterocycles. The second-order valence-corrected chi connectivity index (χ2v) is 7.65. The fourth-order valence-corrected chi connectivity index (χ4v) is 4.03. The van der Waals surface area contributed by atoms with Gasteiger partial charge in [0.25, 0.3) is 5.91 Å². The monoisotopic (exact) mass is 428 g/mol. The molecule has 10 heteroatoms. The molecule has 3 aliphatic rings. The molecule has 0 aliphatic carbocycles. The number of carbonyl (C=O) groups is 2. The van der Waals surface area contributed by atoms with Crippen LogP contribution < -0.4 is 14.8 Å². The van der Waals surface area contributed by atoms with Crippen LogP contribution in [-0.4, -0.2) is 79.0 Å². The van der Waals surface area contributed by atoms with Crippen LogP contribution in [0.3, 0.4) is 0 Å². The molecule has 31 heavy (non-hydrogen) atoms. The van der Waals surface area contributed by atoms with E-state index in [0.717, 1.165) is 18.4 Å². The van der Waals surface area contributed by atoms with E-state index in [-0.39, 0.29) is 23.9 Å². The van der Waals surface area contributed by atoms with Crippen molar-refractivity contribution in [3.63, 3.8) is 0 Å². The van der Waals surface area contributed by atoms with E-state index in [1.807, 2.05) is 18.2 Å². The molecule has 2 aromatic rings. The zero-order valence-electron chi connectivity index (χ0n) is 17.0. The lowest BCUT2D eigenvalue weighted by Gasteiger charge is -2.35. The van der Waals surface area contributed by atoms with Crippen molar-refractivity contribution in [3.05, 3.63) is 24.3 Å². The summed E-state index contributed by atoms with van der Waals surface area (Å²) < 4.78 is 22.1. The van der Waals surface area contributed by atoms with Gasteiger partial charge < -0.3 is 28.5 Å². The number of benzene rings is 1. The van der Waals surface area contributed by atoms with E-state index in [0.29, 0.717) is 63.2 Å². The smallest absolute Gasteiger partial charge is 0.324 e. The molecular formula is C21H24N4O6. The number of piperazine rings is 1. The molecular weight excluding hydrogens is 404 g/mol. The highest BCUT2D eigenvalue weighted by Gasteiger charge is 2.31. The first kappa shape index (κ1) is 19.7. The van der Waals surface area contributed by atoms with Gasteiger partial charge in [0.05, 0.1) is 0 Å². The molecule has 1 aromatic heterocycles. The summed E-state index contributed by atoms with van der Waals surface area (Å²) in [6, 6.07) is 6.92. The van der Waals surface area contributed by atoms with Gasteiger partial charge in [-0.2, -0.15) is 0 Å². The second-order valence-electron chi connectivity index (χ2n) is 7.65. The first-order valence-electron chi connectivity index (χ1n) is 10.5. The van der Waals surface area contributed by atoms with Crippen molar-refractivity contribution in [2.75, 3.05) is 51.3 Å². The van der Waals surface area contributed by atoms with Crippen molar-refractivity contribution < 1.29 is 28.3 Å². The van der Waals surface area contributed by atoms with Gasteiger partial charge in [-0.1, -0.05) is 11.2 Å². The largest absolute Gasteiger partial charge is 0.486 e. The summed E-state index contributed by atoms with van der Waals surface area (Å²) in [6.07, 6.45) is 1.36. The van der Waals surface area contributed by atoms with Crippen molar-refractivity contribution >= 4 is 17.8 Å². The first-order chi connectivity index (χ1) is 15.2. The third-order valence-corrected chi connectivity index (χ3v) is 5.67. The van der Waals surface area contributed by atoms with E-state index >= 15 is 0 Å². The maximum absolute atomic E-state index is 12.6. The zero-order valence-corrected chi connectivity index (χ0v) is 17.0. The number of para-hydroxylation sites is 1. The van der Waals surface area contributed by atoms with Crippen molar-refractivity contribution in [2.45, 2.75) is 18.9 Å². The standard InChI is InChI=1S/C21H24N4O6/c26-20(17-5-2-10-28-17)24-6-8-25(9-7-24)21(27)22-18-13-15(23-31-18)14-3-1-4-16-19(14)30-12-11-29-16/h1,3-4,13,17H,2,5-12H2,(H,22,27). The minimum absolute atomic E-state index is 0.0230. The summed E-state index contributed by atoms with van der Waals surface area (Å²) in [6.45, 7) is 3.48. The van der Waals surface area contributed by atoms with Crippen LogP contribution in [0.2, 0.25) is 0 Å². The maximum atomic E-state index is 12.6. The van der Waals surface area contributed by atoms with Crippen molar-refractivity contribution in [1.82, 2.24) is 15.0 Å². The van der Waals surface area contributed by atoms with E-state index in [9.17, 15) is 9.59 Å². The van der Waals surface area contributed by atoms with Crippen LogP contribution >= 0.6 is 0 Å². The van der Waals surface area contributed by atoms with Crippen LogP contribution in [0.25, 0.3) is 11.3 Å². The quantitative estimate of drug-likeness (QED) is 0.797. The predicted molar refractivity (Wildman–Crippen MR) is 109 cm³/mol. The number of nitrogens with zero attached hydrogens (tertiary/aromatic N) is 3. The number of ether oxygens (including phenoxy) is 3. The molecule has 1 aromatic carbocycles. The summed E-state index contributed by atoms with van der Waals surface area (Å²) >= 11 is 0. The summed E-state index contributed by atoms with van der Waals surface area (Å²) in [5, 5.41) is 6.80. The average molecular weight is 428 g/mol. The Balaban J connectivity index is 1.19. The molecule has 10 nitrogen and oxygen atoms in total. The predicted octanol–water partition coefficient (Wildman–Crippen LogP) is 1.97. The topological polar surface area (TPSA) is 106 Å². The molecule has 3 aliphatic heterocycles. The fraction of sp³-hybridized carbons (Fsp3) is 0.476. The lowest BCUT2D eigenvalue weighted by Crippen LogP contribution is -2.53. The third-order valence-electron chi connectivity index (χ3n) is 5.67. The van der Waals surface area contributed by atoms with Crippen molar-refractivity contribution in [2.24, 2.45) is 0 Å². The normalized spacial score (nSPS) is 20.6. The molecule has 0 bridgehead atoms. The molecule has 0 saturated carbocycles. The molecule has 5 rings (SSSR count). The van der Waals surface area contributed by atoms with E-state index in [1.165, 1.54) is 0 Å². The molecule has 3 amide bonds. The number of aromatic nitrogens is 1. The highest BCUT2D eigenvalue weighted by molar-refractivity contribution is 5.89. The molecule has 1 atom stereocenters. The van der Waals surface area contributed by atoms with Gasteiger partial charge in [0.1, 0.15) is 25.0 Å². The number of anilines is 1. The highest BCUT2D eigenvalue weighted by atomic mass is 16.6. The molecule has 164 valence electrons. The van der Waals surface area contributed by atoms with Gasteiger partial charge in [-0.05, 0) is 25.0 Å². The number of rotatable bonds is 3. The van der Waals surface area contributed by atoms with Crippen LogP contribution in [0, 0.1) is 0 Å². The Morgan fingerprint density at radius 2 is 1.84 bits per heavy atom. The minimum atomic E-state index is -0.328. The number of nitrogens with one attached hydrogen (secondary N) is 1. The van der Waals surface area contributed by atoms with Crippen molar-refractivity contribution in [1.29, 1.82) is 0 Å². The lowest BCUT2D eigenvalue weighted by atomic mass is 10.1. The molecule has 1 unspecified atom stereocenters. The second kappa shape index (κ2) is 8.46. The molecule has 0 radical (unpaired) electrons. The third kappa shape index (κ3) is 4.02. The summed E-state index contributed by atoms with van der Waals surface area (Å²) in [5.74, 6) is 1.54. The Hall–Kier alpha value is -3.27. The summed E-state index contributed by atoms with van der Waals surface area (Å²) in [4.78, 5) is 28.5. The van der Waals surface area contributed by atoms with E-state index in [4.69, 9.17) is 18.7 Å². The van der Waals surface area contributed by atoms with Gasteiger partial charge in [-0.25, -0.2) is 4.79 Å². The van der Waals surface area contributed by atoms with E-state index in [2.05, 4.69) is 10.5 Å². The number of urea groups is 1. The van der Waals surface area contributed by atoms with Gasteiger partial charge in [0.15, 0.2) is 11.5 Å². The Kier molecular flexibility index (Phi) is 5.37. The van der Waals surface area contributed by atoms with Gasteiger partial charge in [-0.3, -0.25) is 10.1 Å². The number of hydrogen-bond donors (Lipinski definition) is 1. The van der Waals surface area contributed by atoms with E-state index in [1.54, 1.807) is 15.9 Å². The van der Waals surface area contributed by atoms with Crippen LogP contribution in [0.1, 0.15) is 12.8 Å². The van der Waals surface area contributed by atoms with Gasteiger partial charge >= 0.3 is 6.03 Å². The minimum Gasteiger partial charge on any atom is -0.486 e. The Bertz CT molecular complexity index is 963. The summed E-state index contributed by atoms with van der Waals surface area (Å²) in [5.41, 5.74) is 1.28. The number of fused-ring (bicyclic) bond motifs is 1. The Morgan fingerprint density at radius 3 is 2.65 bits per heavy atom. The average Bonchev–Trinajstić information content (AvgIpc) is 3.51. The highest BCUT2D eigenvalue weighted by Crippen LogP contribution is 2.39. The number of hydrogen-bond acceptors (Lipinski definition) is 7. The van der Waals surface area contributed by atoms with E-state index < -0.39 is 0 Å². The van der Waals surface area contributed by atoms with Crippen LogP contribution in [0.15, 0.2) is 28.8 Å². The molecule has 4 heterocycles. The number of amides is 3. The fourth-order valence-electron chi connectivity index (χ4n) is 4.03. The molecule has 2 fully saturated rings. The van der Waals surface area contributed by atoms with Gasteiger partial charge in [-0.15, -0.1) is 0 Å². The summed E-state index contributed by atoms with van der Waals surface area (Å²) in [7, 11) is 0. The van der Waals surface area contributed by atoms with Gasteiger partial charge in [0.2, 0.25) is 5.88 Å². The maximum Gasteiger partial charge on any atom is 0.324 e. The Labute approximate surface area is 179 Å². The van der Waals surface area contributed by atoms with Crippen molar-refractivity contribution in [3.8, 4) is 22.8 Å². The first-order valence-corrected chi connectivity index (χ1v) is 10.5. The molecule has 0 spiro atoms. The van der Waals surface area contributed by atoms with Gasteiger partial charge in [0, 0.05) is 44.4 Å². The molecule has 1 N–H and O–H groups in total. The van der Waals surface area contributed by atoms with Crippen LogP contribution in [-0.2, 0) is 9.53 Å². The number of carbonyl (C=O) groups excluding carboxylic acids is 2. The van der Waals surface area contributed by atoms with Crippen LogP contribution in [0.4, 0.5) is 10.7 Å². The zero-order chi connectivity index (χ0) is 21.2. The van der Waals surface area contributed by atoms with Crippen LogP contribution in [0.5, 0.6) is 11.5 Å².